The first-order valence-electron chi connectivity index (χ1n) is 5.57. The Hall–Kier alpha value is -3.21. The minimum absolute atomic E-state index is 0.173. The van der Waals surface area contributed by atoms with Gasteiger partial charge in [0.15, 0.2) is 0 Å². The van der Waals surface area contributed by atoms with E-state index in [2.05, 4.69) is 10.4 Å². The van der Waals surface area contributed by atoms with Gasteiger partial charge in [0.25, 0.3) is 0 Å². The third-order valence-corrected chi connectivity index (χ3v) is 2.44. The minimum Gasteiger partial charge on any atom is -0.358 e. The molecule has 8 heteroatoms. The molecule has 100 valence electrons. The van der Waals surface area contributed by atoms with Crippen LogP contribution in [0.3, 0.4) is 0 Å². The summed E-state index contributed by atoms with van der Waals surface area (Å²) in [6.07, 6.45) is 1.34. The molecule has 1 aromatic heterocycles. The molecule has 0 spiro atoms. The average Bonchev–Trinajstić information content (AvgIpc) is 2.88. The van der Waals surface area contributed by atoms with Crippen LogP contribution in [0, 0.1) is 21.4 Å². The van der Waals surface area contributed by atoms with Crippen molar-refractivity contribution >= 4 is 17.4 Å². The van der Waals surface area contributed by atoms with Crippen molar-refractivity contribution in [2.45, 2.75) is 6.54 Å². The summed E-state index contributed by atoms with van der Waals surface area (Å²) < 4.78 is 1.16. The first kappa shape index (κ1) is 13.2. The summed E-state index contributed by atoms with van der Waals surface area (Å²) in [6.45, 7) is -0.173. The number of aromatic nitrogens is 2. The SMILES string of the molecule is N#Cc1ccccc1NC(=O)Cn1ccc([N+](=O)[O-])n1. The molecule has 0 bridgehead atoms. The van der Waals surface area contributed by atoms with Gasteiger partial charge in [-0.2, -0.15) is 9.94 Å². The number of carbonyl (C=O) groups excluding carboxylic acids is 1. The molecule has 1 N–H and O–H groups in total. The number of benzene rings is 1. The van der Waals surface area contributed by atoms with E-state index in [0.29, 0.717) is 11.3 Å². The maximum Gasteiger partial charge on any atom is 0.389 e. The highest BCUT2D eigenvalue weighted by molar-refractivity contribution is 5.91. The topological polar surface area (TPSA) is 114 Å². The van der Waals surface area contributed by atoms with Gasteiger partial charge in [-0.15, -0.1) is 0 Å². The van der Waals surface area contributed by atoms with Crippen molar-refractivity contribution in [1.82, 2.24) is 9.78 Å². The van der Waals surface area contributed by atoms with Crippen molar-refractivity contribution in [3.8, 4) is 6.07 Å². The lowest BCUT2D eigenvalue weighted by Crippen LogP contribution is -2.19. The van der Waals surface area contributed by atoms with Gasteiger partial charge in [0.1, 0.15) is 12.6 Å². The van der Waals surface area contributed by atoms with Crippen LogP contribution in [0.4, 0.5) is 11.5 Å². The molecule has 0 saturated heterocycles. The van der Waals surface area contributed by atoms with E-state index in [4.69, 9.17) is 5.26 Å². The van der Waals surface area contributed by atoms with Crippen LogP contribution in [0.15, 0.2) is 36.5 Å². The number of carbonyl (C=O) groups is 1. The van der Waals surface area contributed by atoms with Crippen molar-refractivity contribution < 1.29 is 9.72 Å². The number of amides is 1. The number of nitrogens with one attached hydrogen (secondary N) is 1. The highest BCUT2D eigenvalue weighted by Crippen LogP contribution is 2.13. The Morgan fingerprint density at radius 1 is 1.45 bits per heavy atom. The van der Waals surface area contributed by atoms with Crippen molar-refractivity contribution in [3.05, 3.63) is 52.2 Å². The van der Waals surface area contributed by atoms with Gasteiger partial charge < -0.3 is 15.4 Å². The fourth-order valence-corrected chi connectivity index (χ4v) is 1.56. The predicted octanol–water partition coefficient (Wildman–Crippen LogP) is 1.30. The van der Waals surface area contributed by atoms with Crippen LogP contribution < -0.4 is 5.32 Å². The van der Waals surface area contributed by atoms with Gasteiger partial charge in [-0.1, -0.05) is 12.1 Å². The molecule has 2 aromatic rings. The van der Waals surface area contributed by atoms with Gasteiger partial charge in [0.2, 0.25) is 5.91 Å². The Morgan fingerprint density at radius 2 is 2.20 bits per heavy atom. The van der Waals surface area contributed by atoms with E-state index in [1.807, 2.05) is 6.07 Å². The number of rotatable bonds is 4. The quantitative estimate of drug-likeness (QED) is 0.665. The molecule has 0 fully saturated rings. The maximum absolute atomic E-state index is 11.8. The average molecular weight is 271 g/mol. The first-order valence-corrected chi connectivity index (χ1v) is 5.57. The molecule has 0 saturated carbocycles. The number of para-hydroxylation sites is 1. The third-order valence-electron chi connectivity index (χ3n) is 2.44. The van der Waals surface area contributed by atoms with Crippen molar-refractivity contribution in [3.63, 3.8) is 0 Å². The third kappa shape index (κ3) is 2.97. The van der Waals surface area contributed by atoms with Gasteiger partial charge in [-0.3, -0.25) is 4.79 Å². The molecule has 0 aliphatic heterocycles. The smallest absolute Gasteiger partial charge is 0.358 e. The number of anilines is 1. The second-order valence-electron chi connectivity index (χ2n) is 3.83. The number of nitro groups is 1. The second-order valence-corrected chi connectivity index (χ2v) is 3.83. The Bertz CT molecular complexity index is 701. The monoisotopic (exact) mass is 271 g/mol. The van der Waals surface area contributed by atoms with Crippen LogP contribution >= 0.6 is 0 Å². The summed E-state index contributed by atoms with van der Waals surface area (Å²) in [5, 5.41) is 25.5. The van der Waals surface area contributed by atoms with Gasteiger partial charge >= 0.3 is 5.82 Å². The Balaban J connectivity index is 2.05. The summed E-state index contributed by atoms with van der Waals surface area (Å²) in [6, 6.07) is 9.71. The van der Waals surface area contributed by atoms with Crippen molar-refractivity contribution in [2.75, 3.05) is 5.32 Å². The van der Waals surface area contributed by atoms with E-state index in [0.717, 1.165) is 4.68 Å². The lowest BCUT2D eigenvalue weighted by Gasteiger charge is -2.05. The highest BCUT2D eigenvalue weighted by Gasteiger charge is 2.14. The molecule has 2 rings (SSSR count). The van der Waals surface area contributed by atoms with Crippen LogP contribution in [0.1, 0.15) is 5.56 Å². The number of nitriles is 1. The zero-order chi connectivity index (χ0) is 14.5. The Kier molecular flexibility index (Phi) is 3.72. The van der Waals surface area contributed by atoms with Gasteiger partial charge in [0, 0.05) is 0 Å². The fraction of sp³-hybridized carbons (Fsp3) is 0.0833. The molecule has 1 heterocycles. The Labute approximate surface area is 113 Å². The maximum atomic E-state index is 11.8. The molecule has 0 radical (unpaired) electrons. The summed E-state index contributed by atoms with van der Waals surface area (Å²) in [7, 11) is 0. The molecule has 0 atom stereocenters. The van der Waals surface area contributed by atoms with Gasteiger partial charge in [-0.05, 0) is 17.1 Å². The summed E-state index contributed by atoms with van der Waals surface area (Å²) in [5.74, 6) is -0.749. The second kappa shape index (κ2) is 5.62. The van der Waals surface area contributed by atoms with E-state index in [1.165, 1.54) is 12.3 Å². The summed E-state index contributed by atoms with van der Waals surface area (Å²) >= 11 is 0. The van der Waals surface area contributed by atoms with Crippen molar-refractivity contribution in [2.24, 2.45) is 0 Å². The lowest BCUT2D eigenvalue weighted by molar-refractivity contribution is -0.389. The predicted molar refractivity (Wildman–Crippen MR) is 68.7 cm³/mol. The van der Waals surface area contributed by atoms with E-state index in [1.54, 1.807) is 24.3 Å². The lowest BCUT2D eigenvalue weighted by atomic mass is 10.2. The zero-order valence-electron chi connectivity index (χ0n) is 10.2. The largest absolute Gasteiger partial charge is 0.389 e. The zero-order valence-corrected chi connectivity index (χ0v) is 10.2. The minimum atomic E-state index is -0.639. The van der Waals surface area contributed by atoms with Crippen LogP contribution in [0.5, 0.6) is 0 Å². The van der Waals surface area contributed by atoms with Crippen LogP contribution in [0.25, 0.3) is 0 Å². The van der Waals surface area contributed by atoms with E-state index in [9.17, 15) is 14.9 Å². The molecule has 20 heavy (non-hydrogen) atoms. The molecule has 0 aliphatic carbocycles. The standard InChI is InChI=1S/C12H9N5O3/c13-7-9-3-1-2-4-10(9)14-12(18)8-16-6-5-11(15-16)17(19)20/h1-6H,8H2,(H,14,18). The highest BCUT2D eigenvalue weighted by atomic mass is 16.6. The fourth-order valence-electron chi connectivity index (χ4n) is 1.56. The first-order chi connectivity index (χ1) is 9.60. The number of nitrogens with zero attached hydrogens (tertiary/aromatic N) is 4. The number of hydrogen-bond donors (Lipinski definition) is 1. The summed E-state index contributed by atoms with van der Waals surface area (Å²) in [5.41, 5.74) is 0.731. The van der Waals surface area contributed by atoms with Gasteiger partial charge in [-0.25, -0.2) is 0 Å². The normalized spacial score (nSPS) is 9.75. The summed E-state index contributed by atoms with van der Waals surface area (Å²) in [4.78, 5) is 21.6. The van der Waals surface area contributed by atoms with E-state index >= 15 is 0 Å². The van der Waals surface area contributed by atoms with Crippen LogP contribution in [-0.2, 0) is 11.3 Å². The van der Waals surface area contributed by atoms with Crippen LogP contribution in [0.2, 0.25) is 0 Å². The molecule has 1 amide bonds. The molecule has 8 nitrogen and oxygen atoms in total. The molecule has 0 aliphatic rings. The van der Waals surface area contributed by atoms with Gasteiger partial charge in [0.05, 0.1) is 28.6 Å². The molecular weight excluding hydrogens is 262 g/mol. The van der Waals surface area contributed by atoms with Crippen molar-refractivity contribution in [1.29, 1.82) is 5.26 Å². The van der Waals surface area contributed by atoms with E-state index in [-0.39, 0.29) is 12.4 Å². The van der Waals surface area contributed by atoms with E-state index < -0.39 is 10.8 Å². The number of hydrogen-bond acceptors (Lipinski definition) is 5. The molecule has 1 aromatic carbocycles. The Morgan fingerprint density at radius 3 is 2.85 bits per heavy atom. The van der Waals surface area contributed by atoms with Crippen LogP contribution in [-0.4, -0.2) is 20.6 Å². The molecular formula is C12H9N5O3. The molecule has 0 unspecified atom stereocenters.